The quantitative estimate of drug-likeness (QED) is 0.503. The average molecular weight is 387 g/mol. The zero-order valence-corrected chi connectivity index (χ0v) is 15.8. The minimum absolute atomic E-state index is 0.214. The molecule has 3 heterocycles. The number of ether oxygens (including phenoxy) is 1. The first-order valence-electron chi connectivity index (χ1n) is 9.17. The Hall–Kier alpha value is -3.79. The fourth-order valence-electron chi connectivity index (χ4n) is 3.50. The molecule has 0 unspecified atom stereocenters. The molecule has 0 amide bonds. The van der Waals surface area contributed by atoms with Gasteiger partial charge in [0.1, 0.15) is 17.9 Å². The Morgan fingerprint density at radius 1 is 1.10 bits per heavy atom. The smallest absolute Gasteiger partial charge is 0.168 e. The second-order valence-electron chi connectivity index (χ2n) is 6.52. The summed E-state index contributed by atoms with van der Waals surface area (Å²) in [6, 6.07) is 14.7. The summed E-state index contributed by atoms with van der Waals surface area (Å²) in [5.74, 6) is 0.260. The number of hydrogen-bond donors (Lipinski definition) is 0. The first-order valence-corrected chi connectivity index (χ1v) is 9.17. The number of pyridine rings is 2. The average Bonchev–Trinajstić information content (AvgIpc) is 3.23. The van der Waals surface area contributed by atoms with Crippen LogP contribution in [-0.2, 0) is 19.3 Å². The Bertz CT molecular complexity index is 1210. The van der Waals surface area contributed by atoms with Gasteiger partial charge >= 0.3 is 0 Å². The number of methoxy groups -OCH3 is 1. The van der Waals surface area contributed by atoms with Gasteiger partial charge in [-0.15, -0.1) is 10.2 Å². The molecule has 0 aliphatic heterocycles. The molecule has 0 atom stereocenters. The van der Waals surface area contributed by atoms with Gasteiger partial charge in [-0.2, -0.15) is 5.26 Å². The Morgan fingerprint density at radius 2 is 2.00 bits per heavy atom. The summed E-state index contributed by atoms with van der Waals surface area (Å²) in [5, 5.41) is 17.4. The van der Waals surface area contributed by atoms with Gasteiger partial charge < -0.3 is 4.74 Å². The summed E-state index contributed by atoms with van der Waals surface area (Å²) in [6.45, 7) is 0. The number of aryl methyl sites for hydroxylation is 1. The molecule has 0 aliphatic carbocycles. The van der Waals surface area contributed by atoms with E-state index in [1.807, 2.05) is 28.7 Å². The van der Waals surface area contributed by atoms with Gasteiger partial charge in [0, 0.05) is 28.6 Å². The van der Waals surface area contributed by atoms with E-state index in [-0.39, 0.29) is 12.2 Å². The number of hydrogen-bond acceptors (Lipinski definition) is 5. The highest BCUT2D eigenvalue weighted by molar-refractivity contribution is 5.79. The van der Waals surface area contributed by atoms with E-state index < -0.39 is 0 Å². The van der Waals surface area contributed by atoms with Crippen LogP contribution in [0.15, 0.2) is 55.0 Å². The van der Waals surface area contributed by atoms with Crippen LogP contribution in [0, 0.1) is 17.1 Å². The standard InChI is InChI=1S/C22H18FN5O/c1-29-21-6-2-5-19(23)18(21)10-8-15-7-9-17(22-27-26-14-28(15)22)16-4-3-13-25-20(16)11-12-24/h2-7,9,13-14H,8,10-11H2,1H3. The highest BCUT2D eigenvalue weighted by Crippen LogP contribution is 2.28. The summed E-state index contributed by atoms with van der Waals surface area (Å²) in [7, 11) is 1.54. The molecule has 7 heteroatoms. The third-order valence-electron chi connectivity index (χ3n) is 4.89. The molecule has 0 fully saturated rings. The van der Waals surface area contributed by atoms with Gasteiger partial charge in [0.25, 0.3) is 0 Å². The Balaban J connectivity index is 1.71. The van der Waals surface area contributed by atoms with Crippen LogP contribution in [0.2, 0.25) is 0 Å². The van der Waals surface area contributed by atoms with Gasteiger partial charge in [0.15, 0.2) is 5.65 Å². The Morgan fingerprint density at radius 3 is 2.83 bits per heavy atom. The summed E-state index contributed by atoms with van der Waals surface area (Å²) in [5.41, 5.74) is 4.58. The second-order valence-corrected chi connectivity index (χ2v) is 6.52. The van der Waals surface area contributed by atoms with Gasteiger partial charge in [0.05, 0.1) is 25.3 Å². The van der Waals surface area contributed by atoms with Crippen molar-refractivity contribution in [2.24, 2.45) is 0 Å². The van der Waals surface area contributed by atoms with E-state index in [1.54, 1.807) is 24.7 Å². The van der Waals surface area contributed by atoms with Gasteiger partial charge in [-0.25, -0.2) is 4.39 Å². The molecular weight excluding hydrogens is 369 g/mol. The molecule has 0 aliphatic rings. The third-order valence-corrected chi connectivity index (χ3v) is 4.89. The molecule has 0 bridgehead atoms. The summed E-state index contributed by atoms with van der Waals surface area (Å²) in [6.07, 6.45) is 4.60. The van der Waals surface area contributed by atoms with E-state index in [0.29, 0.717) is 35.5 Å². The van der Waals surface area contributed by atoms with Crippen LogP contribution in [0.1, 0.15) is 17.0 Å². The van der Waals surface area contributed by atoms with Crippen molar-refractivity contribution in [2.45, 2.75) is 19.3 Å². The Kier molecular flexibility index (Phi) is 5.16. The minimum atomic E-state index is -0.280. The summed E-state index contributed by atoms with van der Waals surface area (Å²) < 4.78 is 21.4. The number of fused-ring (bicyclic) bond motifs is 1. The van der Waals surface area contributed by atoms with E-state index in [4.69, 9.17) is 10.00 Å². The molecule has 144 valence electrons. The molecule has 4 rings (SSSR count). The second kappa shape index (κ2) is 8.07. The van der Waals surface area contributed by atoms with Crippen LogP contribution in [0.3, 0.4) is 0 Å². The van der Waals surface area contributed by atoms with Crippen molar-refractivity contribution >= 4 is 5.65 Å². The lowest BCUT2D eigenvalue weighted by molar-refractivity contribution is 0.404. The SMILES string of the molecule is COc1cccc(F)c1CCc1ccc(-c2cccnc2CC#N)c2nncn12. The fraction of sp³-hybridized carbons (Fsp3) is 0.182. The van der Waals surface area contributed by atoms with E-state index in [9.17, 15) is 4.39 Å². The molecule has 0 spiro atoms. The molecule has 0 saturated heterocycles. The fourth-order valence-corrected chi connectivity index (χ4v) is 3.50. The Labute approximate surface area is 167 Å². The van der Waals surface area contributed by atoms with Crippen molar-refractivity contribution in [1.82, 2.24) is 19.6 Å². The maximum atomic E-state index is 14.3. The monoisotopic (exact) mass is 387 g/mol. The van der Waals surface area contributed by atoms with Crippen molar-refractivity contribution in [3.63, 3.8) is 0 Å². The van der Waals surface area contributed by atoms with Crippen LogP contribution < -0.4 is 4.74 Å². The first kappa shape index (κ1) is 18.6. The van der Waals surface area contributed by atoms with Gasteiger partial charge in [-0.05, 0) is 43.2 Å². The van der Waals surface area contributed by atoms with Crippen molar-refractivity contribution in [3.8, 4) is 22.9 Å². The van der Waals surface area contributed by atoms with Crippen LogP contribution in [-0.4, -0.2) is 26.7 Å². The number of rotatable bonds is 6. The molecule has 1 aromatic carbocycles. The third kappa shape index (κ3) is 3.52. The largest absolute Gasteiger partial charge is 0.496 e. The van der Waals surface area contributed by atoms with Gasteiger partial charge in [-0.3, -0.25) is 9.38 Å². The van der Waals surface area contributed by atoms with Crippen molar-refractivity contribution in [2.75, 3.05) is 7.11 Å². The highest BCUT2D eigenvalue weighted by Gasteiger charge is 2.15. The minimum Gasteiger partial charge on any atom is -0.496 e. The molecular formula is C22H18FN5O. The van der Waals surface area contributed by atoms with Crippen molar-refractivity contribution in [3.05, 3.63) is 77.8 Å². The molecule has 0 saturated carbocycles. The summed E-state index contributed by atoms with van der Waals surface area (Å²) in [4.78, 5) is 4.33. The highest BCUT2D eigenvalue weighted by atomic mass is 19.1. The zero-order chi connectivity index (χ0) is 20.2. The number of nitriles is 1. The lowest BCUT2D eigenvalue weighted by Gasteiger charge is -2.12. The molecule has 0 radical (unpaired) electrons. The maximum Gasteiger partial charge on any atom is 0.168 e. The van der Waals surface area contributed by atoms with Crippen molar-refractivity contribution < 1.29 is 9.13 Å². The van der Waals surface area contributed by atoms with Gasteiger partial charge in [-0.1, -0.05) is 12.1 Å². The lowest BCUT2D eigenvalue weighted by Crippen LogP contribution is -2.04. The van der Waals surface area contributed by atoms with E-state index in [0.717, 1.165) is 16.8 Å². The molecule has 6 nitrogen and oxygen atoms in total. The van der Waals surface area contributed by atoms with Crippen LogP contribution in [0.5, 0.6) is 5.75 Å². The predicted octanol–water partition coefficient (Wildman–Crippen LogP) is 3.79. The normalized spacial score (nSPS) is 10.8. The summed E-state index contributed by atoms with van der Waals surface area (Å²) >= 11 is 0. The molecule has 29 heavy (non-hydrogen) atoms. The van der Waals surface area contributed by atoms with E-state index in [1.165, 1.54) is 13.2 Å². The van der Waals surface area contributed by atoms with Gasteiger partial charge in [0.2, 0.25) is 0 Å². The maximum absolute atomic E-state index is 14.3. The van der Waals surface area contributed by atoms with Crippen LogP contribution in [0.4, 0.5) is 4.39 Å². The molecule has 0 N–H and O–H groups in total. The topological polar surface area (TPSA) is 76.1 Å². The number of benzene rings is 1. The predicted molar refractivity (Wildman–Crippen MR) is 106 cm³/mol. The van der Waals surface area contributed by atoms with E-state index in [2.05, 4.69) is 21.3 Å². The number of nitrogens with zero attached hydrogens (tertiary/aromatic N) is 5. The first-order chi connectivity index (χ1) is 14.2. The van der Waals surface area contributed by atoms with Crippen LogP contribution in [0.25, 0.3) is 16.8 Å². The zero-order valence-electron chi connectivity index (χ0n) is 15.8. The van der Waals surface area contributed by atoms with Crippen molar-refractivity contribution in [1.29, 1.82) is 5.26 Å². The number of aromatic nitrogens is 4. The van der Waals surface area contributed by atoms with E-state index >= 15 is 0 Å². The number of halogens is 1. The lowest BCUT2D eigenvalue weighted by atomic mass is 10.0. The molecule has 4 aromatic rings. The van der Waals surface area contributed by atoms with Crippen LogP contribution >= 0.6 is 0 Å². The molecule has 3 aromatic heterocycles.